The quantitative estimate of drug-likeness (QED) is 0.576. The lowest BCUT2D eigenvalue weighted by Gasteiger charge is -2.25. The van der Waals surface area contributed by atoms with Gasteiger partial charge < -0.3 is 18.6 Å². The third-order valence-electron chi connectivity index (χ3n) is 5.12. The fraction of sp³-hybridized carbons (Fsp3) is 0.250. The van der Waals surface area contributed by atoms with Crippen LogP contribution in [-0.2, 0) is 11.2 Å². The molecule has 0 amide bonds. The molecule has 6 heteroatoms. The number of hydrogen-bond acceptors (Lipinski definition) is 6. The van der Waals surface area contributed by atoms with Gasteiger partial charge in [0.2, 0.25) is 0 Å². The number of methoxy groups -OCH3 is 1. The Morgan fingerprint density at radius 3 is 2.60 bits per heavy atom. The molecular weight excluding hydrogens is 384 g/mol. The highest BCUT2D eigenvalue weighted by Crippen LogP contribution is 2.40. The van der Waals surface area contributed by atoms with Crippen LogP contribution in [0.2, 0.25) is 0 Å². The largest absolute Gasteiger partial charge is 0.497 e. The molecule has 30 heavy (non-hydrogen) atoms. The zero-order valence-electron chi connectivity index (χ0n) is 16.8. The molecule has 154 valence electrons. The van der Waals surface area contributed by atoms with Gasteiger partial charge in [-0.25, -0.2) is 4.79 Å². The Labute approximate surface area is 174 Å². The predicted octanol–water partition coefficient (Wildman–Crippen LogP) is 4.02. The molecule has 4 rings (SSSR count). The summed E-state index contributed by atoms with van der Waals surface area (Å²) in [7, 11) is 1.64. The van der Waals surface area contributed by atoms with Gasteiger partial charge >= 0.3 is 11.6 Å². The van der Waals surface area contributed by atoms with E-state index in [1.165, 1.54) is 0 Å². The van der Waals surface area contributed by atoms with Crippen molar-refractivity contribution < 1.29 is 23.4 Å². The summed E-state index contributed by atoms with van der Waals surface area (Å²) >= 11 is 0. The van der Waals surface area contributed by atoms with Gasteiger partial charge in [-0.15, -0.1) is 0 Å². The van der Waals surface area contributed by atoms with Crippen LogP contribution >= 0.6 is 0 Å². The first-order valence-electron chi connectivity index (χ1n) is 9.75. The molecule has 3 aromatic rings. The molecule has 0 spiro atoms. The number of ether oxygens (including phenoxy) is 3. The molecule has 0 radical (unpaired) electrons. The van der Waals surface area contributed by atoms with Crippen LogP contribution in [-0.4, -0.2) is 19.7 Å². The first-order chi connectivity index (χ1) is 14.5. The summed E-state index contributed by atoms with van der Waals surface area (Å²) in [4.78, 5) is 24.7. The molecule has 0 bridgehead atoms. The maximum atomic E-state index is 12.5. The third-order valence-corrected chi connectivity index (χ3v) is 5.12. The Kier molecular flexibility index (Phi) is 5.57. The molecule has 0 fully saturated rings. The van der Waals surface area contributed by atoms with Crippen LogP contribution in [0.3, 0.4) is 0 Å². The van der Waals surface area contributed by atoms with Gasteiger partial charge in [-0.2, -0.15) is 0 Å². The van der Waals surface area contributed by atoms with Crippen LogP contribution in [0.25, 0.3) is 0 Å². The molecular formula is C24H22O6. The minimum atomic E-state index is -0.490. The number of carbonyl (C=O) groups excluding carboxylic acids is 1. The Hall–Kier alpha value is -3.54. The van der Waals surface area contributed by atoms with Crippen molar-refractivity contribution in [3.8, 4) is 17.2 Å². The van der Waals surface area contributed by atoms with Gasteiger partial charge in [0, 0.05) is 24.0 Å². The first kappa shape index (κ1) is 19.8. The lowest BCUT2D eigenvalue weighted by atomic mass is 9.87. The highest BCUT2D eigenvalue weighted by molar-refractivity contribution is 5.77. The number of rotatable bonds is 6. The van der Waals surface area contributed by atoms with Gasteiger partial charge in [0.15, 0.2) is 0 Å². The molecule has 0 unspecified atom stereocenters. The molecule has 0 saturated heterocycles. The second-order valence-corrected chi connectivity index (χ2v) is 7.14. The molecule has 1 aromatic heterocycles. The molecule has 2 heterocycles. The average molecular weight is 406 g/mol. The number of benzene rings is 2. The maximum absolute atomic E-state index is 12.5. The van der Waals surface area contributed by atoms with Crippen molar-refractivity contribution in [2.24, 2.45) is 0 Å². The van der Waals surface area contributed by atoms with Gasteiger partial charge in [-0.05, 0) is 30.7 Å². The molecule has 1 aliphatic heterocycles. The Bertz CT molecular complexity index is 1110. The van der Waals surface area contributed by atoms with E-state index in [1.54, 1.807) is 20.1 Å². The van der Waals surface area contributed by atoms with E-state index in [4.69, 9.17) is 18.6 Å². The van der Waals surface area contributed by atoms with Crippen molar-refractivity contribution in [1.29, 1.82) is 0 Å². The number of para-hydroxylation sites is 1. The first-order valence-corrected chi connectivity index (χ1v) is 9.75. The maximum Gasteiger partial charge on any atom is 0.343 e. The summed E-state index contributed by atoms with van der Waals surface area (Å²) in [6.07, 6.45) is 0.766. The summed E-state index contributed by atoms with van der Waals surface area (Å²) in [6, 6.07) is 16.8. The van der Waals surface area contributed by atoms with E-state index in [-0.39, 0.29) is 18.1 Å². The number of carbonyl (C=O) groups is 1. The number of esters is 1. The van der Waals surface area contributed by atoms with Crippen LogP contribution < -0.4 is 19.8 Å². The zero-order valence-corrected chi connectivity index (χ0v) is 16.8. The smallest absolute Gasteiger partial charge is 0.343 e. The van der Waals surface area contributed by atoms with E-state index in [1.807, 2.05) is 48.5 Å². The Morgan fingerprint density at radius 2 is 1.83 bits per heavy atom. The highest BCUT2D eigenvalue weighted by atomic mass is 16.5. The SMILES string of the molecule is COc1ccc(CCOc2ccccc2[C@@H]2CC(=O)Oc3cc(C)oc(=O)c32)cc1. The van der Waals surface area contributed by atoms with E-state index in [9.17, 15) is 9.59 Å². The summed E-state index contributed by atoms with van der Waals surface area (Å²) < 4.78 is 21.8. The van der Waals surface area contributed by atoms with Crippen LogP contribution in [0.5, 0.6) is 17.2 Å². The molecule has 1 aliphatic rings. The molecule has 0 saturated carbocycles. The highest BCUT2D eigenvalue weighted by Gasteiger charge is 2.33. The topological polar surface area (TPSA) is 75.0 Å². The molecule has 6 nitrogen and oxygen atoms in total. The lowest BCUT2D eigenvalue weighted by molar-refractivity contribution is -0.135. The van der Waals surface area contributed by atoms with Crippen molar-refractivity contribution in [2.75, 3.05) is 13.7 Å². The fourth-order valence-corrected chi connectivity index (χ4v) is 3.66. The number of aryl methyl sites for hydroxylation is 1. The summed E-state index contributed by atoms with van der Waals surface area (Å²) in [5.74, 6) is 1.24. The average Bonchev–Trinajstić information content (AvgIpc) is 2.73. The van der Waals surface area contributed by atoms with Crippen LogP contribution in [0.15, 0.2) is 63.8 Å². The van der Waals surface area contributed by atoms with E-state index in [0.717, 1.165) is 16.9 Å². The van der Waals surface area contributed by atoms with Crippen LogP contribution in [0.1, 0.15) is 34.8 Å². The van der Waals surface area contributed by atoms with Crippen molar-refractivity contribution in [3.05, 3.63) is 87.5 Å². The van der Waals surface area contributed by atoms with Gasteiger partial charge in [0.25, 0.3) is 0 Å². The molecule has 0 N–H and O–H groups in total. The standard InChI is InChI=1S/C24H22O6/c1-15-13-21-23(24(26)29-15)19(14-22(25)30-21)18-5-3-4-6-20(18)28-12-11-16-7-9-17(27-2)10-8-16/h3-10,13,19H,11-12,14H2,1-2H3/t19-/m0/s1. The van der Waals surface area contributed by atoms with Crippen molar-refractivity contribution in [2.45, 2.75) is 25.7 Å². The Balaban J connectivity index is 1.58. The number of fused-ring (bicyclic) bond motifs is 1. The lowest BCUT2D eigenvalue weighted by Crippen LogP contribution is -2.27. The zero-order chi connectivity index (χ0) is 21.1. The van der Waals surface area contributed by atoms with Gasteiger partial charge in [0.05, 0.1) is 25.7 Å². The van der Waals surface area contributed by atoms with E-state index in [2.05, 4.69) is 0 Å². The second-order valence-electron chi connectivity index (χ2n) is 7.14. The minimum Gasteiger partial charge on any atom is -0.497 e. The third kappa shape index (κ3) is 4.08. The van der Waals surface area contributed by atoms with Crippen LogP contribution in [0, 0.1) is 6.92 Å². The Morgan fingerprint density at radius 1 is 1.07 bits per heavy atom. The van der Waals surface area contributed by atoms with Crippen molar-refractivity contribution in [3.63, 3.8) is 0 Å². The van der Waals surface area contributed by atoms with Gasteiger partial charge in [0.1, 0.15) is 23.0 Å². The summed E-state index contributed by atoms with van der Waals surface area (Å²) in [6.45, 7) is 2.10. The molecule has 1 atom stereocenters. The predicted molar refractivity (Wildman–Crippen MR) is 110 cm³/mol. The van der Waals surface area contributed by atoms with Crippen molar-refractivity contribution >= 4 is 5.97 Å². The summed E-state index contributed by atoms with van der Waals surface area (Å²) in [5, 5.41) is 0. The van der Waals surface area contributed by atoms with Crippen molar-refractivity contribution in [1.82, 2.24) is 0 Å². The van der Waals surface area contributed by atoms with E-state index >= 15 is 0 Å². The van der Waals surface area contributed by atoms with Gasteiger partial charge in [-0.1, -0.05) is 30.3 Å². The van der Waals surface area contributed by atoms with E-state index < -0.39 is 11.5 Å². The summed E-state index contributed by atoms with van der Waals surface area (Å²) in [5.41, 5.74) is 1.75. The monoisotopic (exact) mass is 406 g/mol. The van der Waals surface area contributed by atoms with Gasteiger partial charge in [-0.3, -0.25) is 4.79 Å². The normalized spacial score (nSPS) is 15.3. The van der Waals surface area contributed by atoms with Crippen LogP contribution in [0.4, 0.5) is 0 Å². The second kappa shape index (κ2) is 8.45. The molecule has 2 aromatic carbocycles. The minimum absolute atomic E-state index is 0.0552. The molecule has 0 aliphatic carbocycles. The fourth-order valence-electron chi connectivity index (χ4n) is 3.66. The number of hydrogen-bond donors (Lipinski definition) is 0. The van der Waals surface area contributed by atoms with E-state index in [0.29, 0.717) is 30.1 Å².